The zero-order valence-corrected chi connectivity index (χ0v) is 17.2. The van der Waals surface area contributed by atoms with Crippen molar-refractivity contribution in [1.82, 2.24) is 14.9 Å². The number of sulfonamides is 1. The molecule has 0 aliphatic heterocycles. The van der Waals surface area contributed by atoms with Gasteiger partial charge in [0, 0.05) is 12.6 Å². The normalized spacial score (nSPS) is 11.2. The van der Waals surface area contributed by atoms with Gasteiger partial charge in [-0.2, -0.15) is 0 Å². The number of rotatable bonds is 9. The lowest BCUT2D eigenvalue weighted by Crippen LogP contribution is -2.28. The fourth-order valence-electron chi connectivity index (χ4n) is 2.68. The summed E-state index contributed by atoms with van der Waals surface area (Å²) in [7, 11) is -3.67. The molecular formula is C22H19N3O5S. The number of hydrogen-bond donors (Lipinski definition) is 1. The zero-order valence-electron chi connectivity index (χ0n) is 16.3. The third kappa shape index (κ3) is 5.47. The minimum atomic E-state index is -3.67. The predicted octanol–water partition coefficient (Wildman–Crippen LogP) is 3.89. The molecule has 0 saturated carbocycles. The molecular weight excluding hydrogens is 418 g/mol. The molecule has 0 amide bonds. The molecule has 1 N–H and O–H groups in total. The predicted molar refractivity (Wildman–Crippen MR) is 113 cm³/mol. The van der Waals surface area contributed by atoms with Gasteiger partial charge in [0.15, 0.2) is 5.76 Å². The molecule has 4 aromatic rings. The van der Waals surface area contributed by atoms with Crippen LogP contribution in [-0.2, 0) is 10.0 Å². The van der Waals surface area contributed by atoms with Crippen molar-refractivity contribution in [2.45, 2.75) is 4.90 Å². The maximum atomic E-state index is 12.4. The molecule has 0 atom stereocenters. The van der Waals surface area contributed by atoms with Crippen molar-refractivity contribution < 1.29 is 22.3 Å². The van der Waals surface area contributed by atoms with E-state index in [1.54, 1.807) is 42.7 Å². The lowest BCUT2D eigenvalue weighted by Gasteiger charge is -2.09. The van der Waals surface area contributed by atoms with Gasteiger partial charge in [-0.3, -0.25) is 0 Å². The van der Waals surface area contributed by atoms with Gasteiger partial charge in [0.1, 0.15) is 23.8 Å². The summed E-state index contributed by atoms with van der Waals surface area (Å²) in [5.74, 6) is 2.11. The summed E-state index contributed by atoms with van der Waals surface area (Å²) in [4.78, 5) is 0.135. The fourth-order valence-corrected chi connectivity index (χ4v) is 3.69. The summed E-state index contributed by atoms with van der Waals surface area (Å²) in [5.41, 5.74) is 0.581. The van der Waals surface area contributed by atoms with Crippen molar-refractivity contribution in [3.8, 4) is 28.8 Å². The maximum absolute atomic E-state index is 12.4. The SMILES string of the molecule is O=S(=O)(NCCOc1ccc(-c2ccco2)nn1)c1ccc(Oc2ccccc2)cc1. The number of benzene rings is 2. The Labute approximate surface area is 179 Å². The minimum Gasteiger partial charge on any atom is -0.475 e. The van der Waals surface area contributed by atoms with Crippen molar-refractivity contribution in [2.24, 2.45) is 0 Å². The van der Waals surface area contributed by atoms with Crippen LogP contribution in [0.3, 0.4) is 0 Å². The molecule has 4 rings (SSSR count). The quantitative estimate of drug-likeness (QED) is 0.396. The van der Waals surface area contributed by atoms with Crippen molar-refractivity contribution >= 4 is 10.0 Å². The second kappa shape index (κ2) is 9.41. The van der Waals surface area contributed by atoms with Gasteiger partial charge < -0.3 is 13.9 Å². The Morgan fingerprint density at radius 2 is 1.61 bits per heavy atom. The largest absolute Gasteiger partial charge is 0.475 e. The van der Waals surface area contributed by atoms with Crippen molar-refractivity contribution in [3.63, 3.8) is 0 Å². The van der Waals surface area contributed by atoms with E-state index in [2.05, 4.69) is 14.9 Å². The maximum Gasteiger partial charge on any atom is 0.240 e. The molecule has 8 nitrogen and oxygen atoms in total. The molecule has 0 aliphatic carbocycles. The summed E-state index contributed by atoms with van der Waals surface area (Å²) in [6, 6.07) is 22.3. The van der Waals surface area contributed by atoms with Gasteiger partial charge in [-0.25, -0.2) is 13.1 Å². The van der Waals surface area contributed by atoms with Crippen molar-refractivity contribution in [1.29, 1.82) is 0 Å². The minimum absolute atomic E-state index is 0.0756. The number of nitrogens with one attached hydrogen (secondary N) is 1. The van der Waals surface area contributed by atoms with E-state index in [0.717, 1.165) is 0 Å². The molecule has 9 heteroatoms. The zero-order chi connectivity index (χ0) is 21.5. The van der Waals surface area contributed by atoms with Crippen LogP contribution in [0.5, 0.6) is 17.4 Å². The van der Waals surface area contributed by atoms with Gasteiger partial charge in [0.25, 0.3) is 0 Å². The summed E-state index contributed by atoms with van der Waals surface area (Å²) >= 11 is 0. The summed E-state index contributed by atoms with van der Waals surface area (Å²) < 4.78 is 43.7. The monoisotopic (exact) mass is 437 g/mol. The molecule has 0 unspecified atom stereocenters. The van der Waals surface area contributed by atoms with Gasteiger partial charge in [-0.05, 0) is 54.6 Å². The molecule has 2 aromatic heterocycles. The first-order valence-electron chi connectivity index (χ1n) is 9.43. The Morgan fingerprint density at radius 3 is 2.29 bits per heavy atom. The van der Waals surface area contributed by atoms with Gasteiger partial charge in [0.2, 0.25) is 15.9 Å². The Balaban J connectivity index is 1.27. The molecule has 0 aliphatic rings. The van der Waals surface area contributed by atoms with E-state index in [0.29, 0.717) is 23.0 Å². The van der Waals surface area contributed by atoms with E-state index < -0.39 is 10.0 Å². The van der Waals surface area contributed by atoms with Crippen LogP contribution >= 0.6 is 0 Å². The number of hydrogen-bond acceptors (Lipinski definition) is 7. The molecule has 0 fully saturated rings. The molecule has 0 bridgehead atoms. The van der Waals surface area contributed by atoms with E-state index in [1.807, 2.05) is 30.3 Å². The highest BCUT2D eigenvalue weighted by Crippen LogP contribution is 2.22. The lowest BCUT2D eigenvalue weighted by atomic mass is 10.3. The highest BCUT2D eigenvalue weighted by molar-refractivity contribution is 7.89. The summed E-state index contributed by atoms with van der Waals surface area (Å²) in [6.07, 6.45) is 1.55. The summed E-state index contributed by atoms with van der Waals surface area (Å²) in [6.45, 7) is 0.176. The Morgan fingerprint density at radius 1 is 0.839 bits per heavy atom. The Hall–Kier alpha value is -3.69. The van der Waals surface area contributed by atoms with Crippen molar-refractivity contribution in [3.05, 3.63) is 85.1 Å². The third-order valence-electron chi connectivity index (χ3n) is 4.17. The van der Waals surface area contributed by atoms with Crippen LogP contribution in [-0.4, -0.2) is 31.8 Å². The second-order valence-corrected chi connectivity index (χ2v) is 8.13. The number of ether oxygens (including phenoxy) is 2. The van der Waals surface area contributed by atoms with Crippen LogP contribution in [0.1, 0.15) is 0 Å². The molecule has 31 heavy (non-hydrogen) atoms. The first kappa shape index (κ1) is 20.6. The van der Waals surface area contributed by atoms with Gasteiger partial charge >= 0.3 is 0 Å². The van der Waals surface area contributed by atoms with E-state index in [4.69, 9.17) is 13.9 Å². The average Bonchev–Trinajstić information content (AvgIpc) is 3.33. The Bertz CT molecular complexity index is 1190. The Kier molecular flexibility index (Phi) is 6.25. The molecule has 0 spiro atoms. The standard InChI is InChI=1S/C22H19N3O5S/c26-31(27,19-10-8-18(9-11-19)30-17-5-2-1-3-6-17)23-14-16-29-22-13-12-20(24-25-22)21-7-4-15-28-21/h1-13,15,23H,14,16H2. The van der Waals surface area contributed by atoms with Crippen LogP contribution < -0.4 is 14.2 Å². The number of aromatic nitrogens is 2. The lowest BCUT2D eigenvalue weighted by molar-refractivity contribution is 0.307. The highest BCUT2D eigenvalue weighted by atomic mass is 32.2. The number of para-hydroxylation sites is 1. The average molecular weight is 437 g/mol. The van der Waals surface area contributed by atoms with E-state index >= 15 is 0 Å². The molecule has 0 radical (unpaired) electrons. The van der Waals surface area contributed by atoms with Gasteiger partial charge in [-0.15, -0.1) is 10.2 Å². The first-order valence-corrected chi connectivity index (χ1v) is 10.9. The van der Waals surface area contributed by atoms with Crippen molar-refractivity contribution in [2.75, 3.05) is 13.2 Å². The van der Waals surface area contributed by atoms with Crippen LogP contribution in [0.25, 0.3) is 11.5 Å². The topological polar surface area (TPSA) is 104 Å². The van der Waals surface area contributed by atoms with Gasteiger partial charge in [0.05, 0.1) is 11.2 Å². The molecule has 2 aromatic carbocycles. The van der Waals surface area contributed by atoms with Crippen LogP contribution in [0, 0.1) is 0 Å². The first-order chi connectivity index (χ1) is 15.1. The third-order valence-corrected chi connectivity index (χ3v) is 5.65. The number of nitrogens with zero attached hydrogens (tertiary/aromatic N) is 2. The second-order valence-electron chi connectivity index (χ2n) is 6.37. The fraction of sp³-hybridized carbons (Fsp3) is 0.0909. The van der Waals surface area contributed by atoms with E-state index in [1.165, 1.54) is 12.1 Å². The molecule has 2 heterocycles. The van der Waals surface area contributed by atoms with Crippen LogP contribution in [0.4, 0.5) is 0 Å². The van der Waals surface area contributed by atoms with Crippen LogP contribution in [0.2, 0.25) is 0 Å². The highest BCUT2D eigenvalue weighted by Gasteiger charge is 2.14. The molecule has 158 valence electrons. The van der Waals surface area contributed by atoms with E-state index in [-0.39, 0.29) is 23.9 Å². The van der Waals surface area contributed by atoms with E-state index in [9.17, 15) is 8.42 Å². The van der Waals surface area contributed by atoms with Gasteiger partial charge in [-0.1, -0.05) is 18.2 Å². The van der Waals surface area contributed by atoms with Crippen LogP contribution in [0.15, 0.2) is 94.4 Å². The molecule has 0 saturated heterocycles. The number of furan rings is 1. The smallest absolute Gasteiger partial charge is 0.240 e. The summed E-state index contributed by atoms with van der Waals surface area (Å²) in [5, 5.41) is 7.96.